The van der Waals surface area contributed by atoms with Gasteiger partial charge < -0.3 is 20.1 Å². The summed E-state index contributed by atoms with van der Waals surface area (Å²) in [6.45, 7) is 1.48. The zero-order valence-corrected chi connectivity index (χ0v) is 13.3. The molecule has 2 atom stereocenters. The number of β-amino-alcohol motifs (C(OH)–C–C–N with tert-alkyl or cyclic N) is 1. The van der Waals surface area contributed by atoms with Crippen LogP contribution in [-0.4, -0.2) is 46.3 Å². The summed E-state index contributed by atoms with van der Waals surface area (Å²) in [5.74, 6) is 0. The first kappa shape index (κ1) is 16.4. The Kier molecular flexibility index (Phi) is 5.40. The van der Waals surface area contributed by atoms with Crippen molar-refractivity contribution in [2.45, 2.75) is 25.3 Å². The molecule has 1 saturated heterocycles. The van der Waals surface area contributed by atoms with Crippen LogP contribution in [0, 0.1) is 0 Å². The second-order valence-corrected chi connectivity index (χ2v) is 5.82. The summed E-state index contributed by atoms with van der Waals surface area (Å²) >= 11 is 0. The van der Waals surface area contributed by atoms with Crippen LogP contribution in [0.1, 0.15) is 11.3 Å². The second-order valence-electron chi connectivity index (χ2n) is 5.82. The van der Waals surface area contributed by atoms with Crippen molar-refractivity contribution in [2.24, 2.45) is 0 Å². The molecule has 0 saturated carbocycles. The molecule has 2 heterocycles. The number of aromatic nitrogens is 1. The Morgan fingerprint density at radius 3 is 2.75 bits per heavy atom. The van der Waals surface area contributed by atoms with Crippen LogP contribution in [0.3, 0.4) is 0 Å². The molecule has 0 bridgehead atoms. The van der Waals surface area contributed by atoms with Gasteiger partial charge in [-0.1, -0.05) is 36.4 Å². The summed E-state index contributed by atoms with van der Waals surface area (Å²) in [6, 6.07) is 15.0. The predicted octanol–water partition coefficient (Wildman–Crippen LogP) is 1.55. The van der Waals surface area contributed by atoms with Crippen LogP contribution in [0.4, 0.5) is 4.79 Å². The molecule has 0 spiro atoms. The zero-order valence-electron chi connectivity index (χ0n) is 13.3. The molecule has 2 N–H and O–H groups in total. The van der Waals surface area contributed by atoms with Crippen molar-refractivity contribution in [3.8, 4) is 0 Å². The molecule has 1 amide bonds. The summed E-state index contributed by atoms with van der Waals surface area (Å²) in [4.78, 5) is 17.9. The number of likely N-dealkylation sites (tertiary alicyclic amines) is 1. The maximum Gasteiger partial charge on any atom is 0.410 e. The number of aliphatic hydroxyl groups excluding tert-OH is 1. The molecule has 0 radical (unpaired) electrons. The molecule has 0 aliphatic carbocycles. The molecule has 2 aromatic rings. The Balaban J connectivity index is 1.47. The minimum absolute atomic E-state index is 0.184. The largest absolute Gasteiger partial charge is 0.445 e. The van der Waals surface area contributed by atoms with Gasteiger partial charge in [-0.2, -0.15) is 0 Å². The average molecular weight is 327 g/mol. The van der Waals surface area contributed by atoms with Crippen molar-refractivity contribution in [3.63, 3.8) is 0 Å². The quantitative estimate of drug-likeness (QED) is 0.872. The van der Waals surface area contributed by atoms with Gasteiger partial charge in [-0.15, -0.1) is 0 Å². The number of hydrogen-bond acceptors (Lipinski definition) is 5. The minimum Gasteiger partial charge on any atom is -0.445 e. The number of carbonyl (C=O) groups is 1. The highest BCUT2D eigenvalue weighted by Crippen LogP contribution is 2.13. The maximum absolute atomic E-state index is 12.1. The molecular weight excluding hydrogens is 306 g/mol. The topological polar surface area (TPSA) is 74.7 Å². The molecule has 6 nitrogen and oxygen atoms in total. The van der Waals surface area contributed by atoms with Crippen LogP contribution in [0.15, 0.2) is 54.7 Å². The van der Waals surface area contributed by atoms with Crippen LogP contribution >= 0.6 is 0 Å². The van der Waals surface area contributed by atoms with Gasteiger partial charge in [-0.25, -0.2) is 4.79 Å². The lowest BCUT2D eigenvalue weighted by Gasteiger charge is -2.16. The number of carbonyl (C=O) groups excluding carboxylic acids is 1. The van der Waals surface area contributed by atoms with Crippen molar-refractivity contribution in [3.05, 3.63) is 66.0 Å². The molecule has 24 heavy (non-hydrogen) atoms. The zero-order chi connectivity index (χ0) is 16.8. The Morgan fingerprint density at radius 1 is 1.21 bits per heavy atom. The van der Waals surface area contributed by atoms with Gasteiger partial charge in [-0.05, 0) is 17.7 Å². The lowest BCUT2D eigenvalue weighted by molar-refractivity contribution is 0.0969. The van der Waals surface area contributed by atoms with Crippen LogP contribution in [0.5, 0.6) is 0 Å². The predicted molar refractivity (Wildman–Crippen MR) is 89.1 cm³/mol. The maximum atomic E-state index is 12.1. The van der Waals surface area contributed by atoms with Gasteiger partial charge in [0.25, 0.3) is 0 Å². The third-order valence-electron chi connectivity index (χ3n) is 4.02. The van der Waals surface area contributed by atoms with E-state index in [1.54, 1.807) is 6.20 Å². The van der Waals surface area contributed by atoms with E-state index in [0.717, 1.165) is 11.3 Å². The average Bonchev–Trinajstić information content (AvgIpc) is 3.00. The highest BCUT2D eigenvalue weighted by Gasteiger charge is 2.34. The van der Waals surface area contributed by atoms with E-state index in [4.69, 9.17) is 4.74 Å². The summed E-state index contributed by atoms with van der Waals surface area (Å²) in [6.07, 6.45) is 0.716. The first-order chi connectivity index (χ1) is 11.7. The Morgan fingerprint density at radius 2 is 2.00 bits per heavy atom. The summed E-state index contributed by atoms with van der Waals surface area (Å²) in [5.41, 5.74) is 1.84. The third-order valence-corrected chi connectivity index (χ3v) is 4.02. The van der Waals surface area contributed by atoms with E-state index in [1.165, 1.54) is 4.90 Å². The summed E-state index contributed by atoms with van der Waals surface area (Å²) < 4.78 is 5.31. The van der Waals surface area contributed by atoms with Gasteiger partial charge in [0.2, 0.25) is 0 Å². The van der Waals surface area contributed by atoms with Crippen molar-refractivity contribution >= 4 is 6.09 Å². The van der Waals surface area contributed by atoms with E-state index in [1.807, 2.05) is 48.5 Å². The third kappa shape index (κ3) is 4.31. The fourth-order valence-electron chi connectivity index (χ4n) is 2.69. The monoisotopic (exact) mass is 327 g/mol. The molecule has 1 aliphatic heterocycles. The standard InChI is InChI=1S/C18H21N3O3/c22-17-12-21(18(23)24-13-14-6-2-1-3-7-14)11-16(17)20-10-15-8-4-5-9-19-15/h1-9,16-17,20,22H,10-13H2. The molecule has 1 fully saturated rings. The van der Waals surface area contributed by atoms with Gasteiger partial charge in [0.15, 0.2) is 0 Å². The number of pyridine rings is 1. The molecule has 1 aromatic heterocycles. The normalized spacial score (nSPS) is 20.1. The van der Waals surface area contributed by atoms with E-state index in [-0.39, 0.29) is 19.2 Å². The number of rotatable bonds is 5. The Labute approximate surface area is 141 Å². The smallest absolute Gasteiger partial charge is 0.410 e. The van der Waals surface area contributed by atoms with Crippen molar-refractivity contribution in [2.75, 3.05) is 13.1 Å². The van der Waals surface area contributed by atoms with E-state index in [9.17, 15) is 9.90 Å². The Bertz CT molecular complexity index is 651. The van der Waals surface area contributed by atoms with Crippen LogP contribution in [0.2, 0.25) is 0 Å². The SMILES string of the molecule is O=C(OCc1ccccc1)N1CC(O)C(NCc2ccccn2)C1. The number of aliphatic hydroxyl groups is 1. The molecular formula is C18H21N3O3. The van der Waals surface area contributed by atoms with Gasteiger partial charge in [0.1, 0.15) is 6.61 Å². The summed E-state index contributed by atoms with van der Waals surface area (Å²) in [7, 11) is 0. The van der Waals surface area contributed by atoms with E-state index in [0.29, 0.717) is 13.1 Å². The van der Waals surface area contributed by atoms with Crippen molar-refractivity contribution in [1.82, 2.24) is 15.2 Å². The summed E-state index contributed by atoms with van der Waals surface area (Å²) in [5, 5.41) is 13.4. The van der Waals surface area contributed by atoms with Gasteiger partial charge in [-0.3, -0.25) is 4.98 Å². The number of ether oxygens (including phenoxy) is 1. The number of nitrogens with one attached hydrogen (secondary N) is 1. The lowest BCUT2D eigenvalue weighted by Crippen LogP contribution is -2.39. The van der Waals surface area contributed by atoms with Crippen LogP contribution < -0.4 is 5.32 Å². The molecule has 1 aliphatic rings. The van der Waals surface area contributed by atoms with Gasteiger partial charge in [0.05, 0.1) is 24.4 Å². The molecule has 1 aromatic carbocycles. The lowest BCUT2D eigenvalue weighted by atomic mass is 10.2. The van der Waals surface area contributed by atoms with Gasteiger partial charge in [0, 0.05) is 19.3 Å². The number of hydrogen-bond donors (Lipinski definition) is 2. The molecule has 3 rings (SSSR count). The van der Waals surface area contributed by atoms with Crippen molar-refractivity contribution < 1.29 is 14.6 Å². The highest BCUT2D eigenvalue weighted by molar-refractivity contribution is 5.68. The van der Waals surface area contributed by atoms with Gasteiger partial charge >= 0.3 is 6.09 Å². The van der Waals surface area contributed by atoms with E-state index >= 15 is 0 Å². The molecule has 6 heteroatoms. The number of benzene rings is 1. The highest BCUT2D eigenvalue weighted by atomic mass is 16.6. The Hall–Kier alpha value is -2.44. The van der Waals surface area contributed by atoms with E-state index < -0.39 is 12.2 Å². The first-order valence-corrected chi connectivity index (χ1v) is 7.99. The molecule has 2 unspecified atom stereocenters. The fraction of sp³-hybridized carbons (Fsp3) is 0.333. The minimum atomic E-state index is -0.613. The fourth-order valence-corrected chi connectivity index (χ4v) is 2.69. The van der Waals surface area contributed by atoms with Crippen LogP contribution in [0.25, 0.3) is 0 Å². The first-order valence-electron chi connectivity index (χ1n) is 7.99. The molecule has 126 valence electrons. The number of nitrogens with zero attached hydrogens (tertiary/aromatic N) is 2. The van der Waals surface area contributed by atoms with E-state index in [2.05, 4.69) is 10.3 Å². The van der Waals surface area contributed by atoms with Crippen molar-refractivity contribution in [1.29, 1.82) is 0 Å². The van der Waals surface area contributed by atoms with Crippen LogP contribution in [-0.2, 0) is 17.9 Å². The number of amides is 1. The second kappa shape index (κ2) is 7.90.